The number of thiol groups is 1. The van der Waals surface area contributed by atoms with Crippen LogP contribution in [0.4, 0.5) is 30.7 Å². The summed E-state index contributed by atoms with van der Waals surface area (Å²) in [6.45, 7) is 0.0312. The molecular weight excluding hydrogens is 363 g/mol. The van der Waals surface area contributed by atoms with Gasteiger partial charge >= 0.3 is 12.4 Å². The summed E-state index contributed by atoms with van der Waals surface area (Å²) in [5.74, 6) is -1.21. The molecule has 1 rings (SSSR count). The van der Waals surface area contributed by atoms with Crippen molar-refractivity contribution < 1.29 is 35.5 Å². The smallest absolute Gasteiger partial charge is 0.434 e. The first-order chi connectivity index (χ1) is 11.0. The molecule has 0 atom stereocenters. The highest BCUT2D eigenvalue weighted by Crippen LogP contribution is 2.27. The van der Waals surface area contributed by atoms with E-state index in [1.807, 2.05) is 0 Å². The van der Waals surface area contributed by atoms with Crippen LogP contribution >= 0.6 is 12.8 Å². The van der Waals surface area contributed by atoms with Gasteiger partial charge in [0.1, 0.15) is 11.6 Å². The summed E-state index contributed by atoms with van der Waals surface area (Å²) in [5.41, 5.74) is -2.24. The minimum absolute atomic E-state index is 0.0206. The molecule has 0 spiro atoms. The highest BCUT2D eigenvalue weighted by Gasteiger charge is 2.38. The third-order valence-electron chi connectivity index (χ3n) is 2.94. The fraction of sp³-hybridized carbons (Fsp3) is 0.500. The van der Waals surface area contributed by atoms with Gasteiger partial charge in [-0.25, -0.2) is 8.79 Å². The Kier molecular flexibility index (Phi) is 7.37. The molecule has 0 aliphatic rings. The number of ether oxygens (including phenoxy) is 1. The van der Waals surface area contributed by atoms with E-state index in [4.69, 9.17) is 4.74 Å². The molecule has 1 aromatic rings. The van der Waals surface area contributed by atoms with Crippen LogP contribution in [-0.4, -0.2) is 24.7 Å². The van der Waals surface area contributed by atoms with Gasteiger partial charge in [0.25, 0.3) is 0 Å². The van der Waals surface area contributed by atoms with Gasteiger partial charge in [-0.3, -0.25) is 0 Å². The zero-order valence-corrected chi connectivity index (χ0v) is 13.1. The van der Waals surface area contributed by atoms with Crippen LogP contribution in [0, 0.1) is 5.82 Å². The summed E-state index contributed by atoms with van der Waals surface area (Å²) in [5, 5.41) is 0. The van der Waals surface area contributed by atoms with Crippen molar-refractivity contribution in [2.24, 2.45) is 4.40 Å². The van der Waals surface area contributed by atoms with Crippen molar-refractivity contribution in [3.8, 4) is 5.75 Å². The summed E-state index contributed by atoms with van der Waals surface area (Å²) in [7, 11) is 0. The first kappa shape index (κ1) is 20.6. The number of hydrogen-bond donors (Lipinski definition) is 1. The van der Waals surface area contributed by atoms with Crippen LogP contribution in [-0.2, 0) is 0 Å². The zero-order valence-electron chi connectivity index (χ0n) is 12.2. The van der Waals surface area contributed by atoms with Crippen molar-refractivity contribution in [3.63, 3.8) is 0 Å². The lowest BCUT2D eigenvalue weighted by molar-refractivity contribution is -0.135. The summed E-state index contributed by atoms with van der Waals surface area (Å²) >= 11 is 3.19. The monoisotopic (exact) mass is 377 g/mol. The summed E-state index contributed by atoms with van der Waals surface area (Å²) in [4.78, 5) is 0. The topological polar surface area (TPSA) is 21.6 Å². The minimum Gasteiger partial charge on any atom is -0.493 e. The minimum atomic E-state index is -4.86. The second-order valence-corrected chi connectivity index (χ2v) is 5.06. The molecule has 2 nitrogen and oxygen atoms in total. The van der Waals surface area contributed by atoms with Gasteiger partial charge in [0, 0.05) is 18.1 Å². The highest BCUT2D eigenvalue weighted by atomic mass is 32.1. The summed E-state index contributed by atoms with van der Waals surface area (Å²) in [6.07, 6.45) is -9.42. The molecule has 0 fully saturated rings. The third kappa shape index (κ3) is 6.98. The Labute approximate surface area is 139 Å². The highest BCUT2D eigenvalue weighted by molar-refractivity contribution is 7.79. The SMILES string of the molecule is Fc1cc(OCCCCCC(F)(F)F)ccc1C(=NS)C(F)(F)F. The van der Waals surface area contributed by atoms with Crippen molar-refractivity contribution in [1.29, 1.82) is 0 Å². The van der Waals surface area contributed by atoms with Crippen LogP contribution in [0.25, 0.3) is 0 Å². The largest absolute Gasteiger partial charge is 0.493 e. The normalized spacial score (nSPS) is 13.2. The molecule has 0 N–H and O–H groups in total. The Morgan fingerprint density at radius 1 is 1.04 bits per heavy atom. The number of halogens is 7. The second kappa shape index (κ2) is 8.59. The van der Waals surface area contributed by atoms with Crippen LogP contribution in [0.2, 0.25) is 0 Å². The lowest BCUT2D eigenvalue weighted by Gasteiger charge is -2.12. The maximum absolute atomic E-state index is 13.8. The Morgan fingerprint density at radius 2 is 1.71 bits per heavy atom. The van der Waals surface area contributed by atoms with Crippen molar-refractivity contribution in [3.05, 3.63) is 29.6 Å². The molecule has 0 saturated carbocycles. The average Bonchev–Trinajstić information content (AvgIpc) is 2.43. The summed E-state index contributed by atoms with van der Waals surface area (Å²) < 4.78 is 95.3. The van der Waals surface area contributed by atoms with E-state index in [1.54, 1.807) is 0 Å². The van der Waals surface area contributed by atoms with E-state index in [0.29, 0.717) is 6.42 Å². The van der Waals surface area contributed by atoms with Gasteiger partial charge in [0.2, 0.25) is 0 Å². The zero-order chi connectivity index (χ0) is 18.4. The van der Waals surface area contributed by atoms with E-state index in [1.165, 1.54) is 0 Å². The van der Waals surface area contributed by atoms with Gasteiger partial charge in [-0.15, -0.1) is 0 Å². The van der Waals surface area contributed by atoms with Gasteiger partial charge in [0.15, 0.2) is 5.71 Å². The predicted molar refractivity (Wildman–Crippen MR) is 78.0 cm³/mol. The van der Waals surface area contributed by atoms with Crippen molar-refractivity contribution in [1.82, 2.24) is 0 Å². The Balaban J connectivity index is 2.54. The van der Waals surface area contributed by atoms with Crippen LogP contribution in [0.15, 0.2) is 22.6 Å². The first-order valence-corrected chi connectivity index (χ1v) is 7.23. The lowest BCUT2D eigenvalue weighted by atomic mass is 10.1. The first-order valence-electron chi connectivity index (χ1n) is 6.83. The third-order valence-corrected chi connectivity index (χ3v) is 3.14. The molecule has 0 unspecified atom stereocenters. The number of hydrogen-bond acceptors (Lipinski definition) is 3. The van der Waals surface area contributed by atoms with Gasteiger partial charge in [0.05, 0.1) is 6.61 Å². The van der Waals surface area contributed by atoms with Crippen molar-refractivity contribution in [2.75, 3.05) is 6.61 Å². The van der Waals surface area contributed by atoms with Crippen LogP contribution < -0.4 is 4.74 Å². The van der Waals surface area contributed by atoms with E-state index in [0.717, 1.165) is 18.2 Å². The molecule has 0 bridgehead atoms. The standard InChI is InChI=1S/C14H14F7NOS/c15-11-8-9(23-7-3-1-2-6-13(16,17)18)4-5-10(11)12(22-24)14(19,20)21/h4-5,8,24H,1-3,6-7H2. The van der Waals surface area contributed by atoms with Gasteiger partial charge in [-0.2, -0.15) is 26.3 Å². The molecule has 1 aromatic carbocycles. The van der Waals surface area contributed by atoms with E-state index in [9.17, 15) is 30.7 Å². The van der Waals surface area contributed by atoms with Gasteiger partial charge in [-0.1, -0.05) is 0 Å². The fourth-order valence-electron chi connectivity index (χ4n) is 1.84. The molecule has 10 heteroatoms. The van der Waals surface area contributed by atoms with Crippen molar-refractivity contribution in [2.45, 2.75) is 38.0 Å². The number of rotatable bonds is 7. The van der Waals surface area contributed by atoms with Gasteiger partial charge < -0.3 is 4.74 Å². The summed E-state index contributed by atoms with van der Waals surface area (Å²) in [6, 6.07) is 2.74. The molecule has 136 valence electrons. The van der Waals surface area contributed by atoms with E-state index >= 15 is 0 Å². The second-order valence-electron chi connectivity index (χ2n) is 4.86. The van der Waals surface area contributed by atoms with E-state index in [2.05, 4.69) is 17.2 Å². The van der Waals surface area contributed by atoms with Gasteiger partial charge in [-0.05, 0) is 44.2 Å². The molecule has 0 aliphatic carbocycles. The Hall–Kier alpha value is -1.45. The van der Waals surface area contributed by atoms with Crippen molar-refractivity contribution >= 4 is 18.5 Å². The quantitative estimate of drug-likeness (QED) is 0.287. The lowest BCUT2D eigenvalue weighted by Crippen LogP contribution is -2.24. The maximum atomic E-state index is 13.8. The molecule has 0 aromatic heterocycles. The van der Waals surface area contributed by atoms with E-state index in [-0.39, 0.29) is 25.2 Å². The van der Waals surface area contributed by atoms with Crippen LogP contribution in [0.5, 0.6) is 5.75 Å². The average molecular weight is 377 g/mol. The number of nitrogens with zero attached hydrogens (tertiary/aromatic N) is 1. The molecule has 24 heavy (non-hydrogen) atoms. The van der Waals surface area contributed by atoms with Crippen LogP contribution in [0.3, 0.4) is 0 Å². The molecular formula is C14H14F7NOS. The maximum Gasteiger partial charge on any atom is 0.434 e. The van der Waals surface area contributed by atoms with E-state index < -0.39 is 35.9 Å². The van der Waals surface area contributed by atoms with Crippen LogP contribution in [0.1, 0.15) is 31.2 Å². The molecule has 0 radical (unpaired) electrons. The Bertz CT molecular complexity index is 569. The predicted octanol–water partition coefficient (Wildman–Crippen LogP) is 5.52. The Morgan fingerprint density at radius 3 is 2.21 bits per heavy atom. The molecule has 0 amide bonds. The molecule has 0 saturated heterocycles. The number of benzene rings is 1. The number of alkyl halides is 6. The number of unbranched alkanes of at least 4 members (excludes halogenated alkanes) is 2. The molecule has 0 aliphatic heterocycles. The fourth-order valence-corrected chi connectivity index (χ4v) is 2.06. The molecule has 0 heterocycles.